The molecule has 0 fully saturated rings. The first kappa shape index (κ1) is 11.1. The summed E-state index contributed by atoms with van der Waals surface area (Å²) < 4.78 is 29.8. The van der Waals surface area contributed by atoms with Gasteiger partial charge in [-0.1, -0.05) is 15.9 Å². The molecular weight excluding hydrogens is 258 g/mol. The first-order valence-electron chi connectivity index (χ1n) is 3.72. The largest absolute Gasteiger partial charge is 0.465 e. The molecule has 2 nitrogen and oxygen atoms in total. The minimum Gasteiger partial charge on any atom is -0.465 e. The van der Waals surface area contributed by atoms with Crippen LogP contribution in [0.3, 0.4) is 0 Å². The van der Waals surface area contributed by atoms with Gasteiger partial charge in [0.25, 0.3) is 6.43 Å². The van der Waals surface area contributed by atoms with E-state index in [-0.39, 0.29) is 11.1 Å². The normalized spacial score (nSPS) is 10.4. The molecule has 0 aliphatic heterocycles. The fraction of sp³-hybridized carbons (Fsp3) is 0.222. The molecule has 0 spiro atoms. The zero-order chi connectivity index (χ0) is 10.7. The number of esters is 1. The molecule has 0 saturated heterocycles. The van der Waals surface area contributed by atoms with Gasteiger partial charge in [0.15, 0.2) is 0 Å². The van der Waals surface area contributed by atoms with Crippen molar-refractivity contribution < 1.29 is 18.3 Å². The van der Waals surface area contributed by atoms with Gasteiger partial charge in [0.2, 0.25) is 0 Å². The quantitative estimate of drug-likeness (QED) is 0.767. The van der Waals surface area contributed by atoms with E-state index in [0.29, 0.717) is 4.47 Å². The topological polar surface area (TPSA) is 26.3 Å². The SMILES string of the molecule is COC(=O)c1ccc(Br)cc1C(F)F. The third-order valence-corrected chi connectivity index (χ3v) is 2.15. The van der Waals surface area contributed by atoms with Crippen molar-refractivity contribution in [2.24, 2.45) is 0 Å². The van der Waals surface area contributed by atoms with Crippen LogP contribution in [0, 0.1) is 0 Å². The fourth-order valence-electron chi connectivity index (χ4n) is 1.01. The molecule has 0 radical (unpaired) electrons. The molecule has 14 heavy (non-hydrogen) atoms. The number of benzene rings is 1. The van der Waals surface area contributed by atoms with Gasteiger partial charge in [-0.2, -0.15) is 0 Å². The summed E-state index contributed by atoms with van der Waals surface area (Å²) >= 11 is 3.05. The highest BCUT2D eigenvalue weighted by Crippen LogP contribution is 2.26. The van der Waals surface area contributed by atoms with Crippen molar-refractivity contribution in [2.75, 3.05) is 7.11 Å². The molecule has 0 heterocycles. The number of hydrogen-bond acceptors (Lipinski definition) is 2. The number of halogens is 3. The van der Waals surface area contributed by atoms with Gasteiger partial charge in [0.1, 0.15) is 0 Å². The first-order valence-corrected chi connectivity index (χ1v) is 4.51. The monoisotopic (exact) mass is 264 g/mol. The van der Waals surface area contributed by atoms with Crippen LogP contribution >= 0.6 is 15.9 Å². The van der Waals surface area contributed by atoms with E-state index in [0.717, 1.165) is 7.11 Å². The van der Waals surface area contributed by atoms with E-state index in [1.54, 1.807) is 0 Å². The van der Waals surface area contributed by atoms with E-state index in [9.17, 15) is 13.6 Å². The van der Waals surface area contributed by atoms with Crippen LogP contribution in [0.2, 0.25) is 0 Å². The second kappa shape index (κ2) is 4.50. The Hall–Kier alpha value is -0.970. The molecular formula is C9H7BrF2O2. The van der Waals surface area contributed by atoms with Crippen molar-refractivity contribution in [3.8, 4) is 0 Å². The zero-order valence-electron chi connectivity index (χ0n) is 7.26. The van der Waals surface area contributed by atoms with Gasteiger partial charge in [0.05, 0.1) is 12.7 Å². The lowest BCUT2D eigenvalue weighted by Crippen LogP contribution is -2.05. The number of methoxy groups -OCH3 is 1. The number of rotatable bonds is 2. The van der Waals surface area contributed by atoms with E-state index in [2.05, 4.69) is 20.7 Å². The van der Waals surface area contributed by atoms with Gasteiger partial charge in [-0.05, 0) is 18.2 Å². The summed E-state index contributed by atoms with van der Waals surface area (Å²) in [7, 11) is 1.15. The van der Waals surface area contributed by atoms with E-state index >= 15 is 0 Å². The maximum Gasteiger partial charge on any atom is 0.338 e. The summed E-state index contributed by atoms with van der Waals surface area (Å²) in [4.78, 5) is 11.1. The first-order chi connectivity index (χ1) is 6.56. The summed E-state index contributed by atoms with van der Waals surface area (Å²) in [6.07, 6.45) is -2.69. The lowest BCUT2D eigenvalue weighted by molar-refractivity contribution is 0.0589. The van der Waals surface area contributed by atoms with Gasteiger partial charge in [-0.25, -0.2) is 13.6 Å². The minimum absolute atomic E-state index is 0.106. The molecule has 0 aliphatic rings. The molecule has 0 atom stereocenters. The van der Waals surface area contributed by atoms with E-state index in [4.69, 9.17) is 0 Å². The Morgan fingerprint density at radius 1 is 1.50 bits per heavy atom. The maximum absolute atomic E-state index is 12.5. The predicted octanol–water partition coefficient (Wildman–Crippen LogP) is 3.17. The van der Waals surface area contributed by atoms with Crippen LogP contribution in [0.1, 0.15) is 22.3 Å². The molecule has 0 aromatic heterocycles. The maximum atomic E-state index is 12.5. The molecule has 0 bridgehead atoms. The van der Waals surface area contributed by atoms with Crippen molar-refractivity contribution in [1.82, 2.24) is 0 Å². The molecule has 76 valence electrons. The Morgan fingerprint density at radius 3 is 2.64 bits per heavy atom. The Balaban J connectivity index is 3.21. The Bertz CT molecular complexity index is 353. The molecule has 1 aromatic carbocycles. The van der Waals surface area contributed by atoms with Crippen molar-refractivity contribution >= 4 is 21.9 Å². The number of ether oxygens (including phenoxy) is 1. The molecule has 0 saturated carbocycles. The highest BCUT2D eigenvalue weighted by molar-refractivity contribution is 9.10. The van der Waals surface area contributed by atoms with E-state index in [1.165, 1.54) is 18.2 Å². The van der Waals surface area contributed by atoms with Crippen molar-refractivity contribution in [3.63, 3.8) is 0 Å². The van der Waals surface area contributed by atoms with Gasteiger partial charge < -0.3 is 4.74 Å². The molecule has 0 unspecified atom stereocenters. The molecule has 0 N–H and O–H groups in total. The Kier molecular flexibility index (Phi) is 3.57. The van der Waals surface area contributed by atoms with Gasteiger partial charge in [-0.15, -0.1) is 0 Å². The fourth-order valence-corrected chi connectivity index (χ4v) is 1.39. The molecule has 0 amide bonds. The summed E-state index contributed by atoms with van der Waals surface area (Å²) in [6.45, 7) is 0. The van der Waals surface area contributed by atoms with Gasteiger partial charge >= 0.3 is 5.97 Å². The van der Waals surface area contributed by atoms with Crippen molar-refractivity contribution in [3.05, 3.63) is 33.8 Å². The van der Waals surface area contributed by atoms with Crippen LogP contribution in [-0.2, 0) is 4.74 Å². The predicted molar refractivity (Wildman–Crippen MR) is 50.4 cm³/mol. The summed E-state index contributed by atoms with van der Waals surface area (Å²) in [5.41, 5.74) is -0.433. The van der Waals surface area contributed by atoms with Crippen LogP contribution in [-0.4, -0.2) is 13.1 Å². The van der Waals surface area contributed by atoms with Gasteiger partial charge in [0, 0.05) is 10.0 Å². The average Bonchev–Trinajstić information content (AvgIpc) is 2.16. The van der Waals surface area contributed by atoms with Crippen LogP contribution in [0.4, 0.5) is 8.78 Å². The smallest absolute Gasteiger partial charge is 0.338 e. The van der Waals surface area contributed by atoms with E-state index in [1.807, 2.05) is 0 Å². The second-order valence-corrected chi connectivity index (χ2v) is 3.44. The van der Waals surface area contributed by atoms with Crippen LogP contribution in [0.15, 0.2) is 22.7 Å². The second-order valence-electron chi connectivity index (χ2n) is 2.52. The summed E-state index contributed by atoms with van der Waals surface area (Å²) in [5, 5.41) is 0. The van der Waals surface area contributed by atoms with E-state index < -0.39 is 12.4 Å². The van der Waals surface area contributed by atoms with Crippen molar-refractivity contribution in [1.29, 1.82) is 0 Å². The van der Waals surface area contributed by atoms with Crippen molar-refractivity contribution in [2.45, 2.75) is 6.43 Å². The van der Waals surface area contributed by atoms with Crippen LogP contribution in [0.5, 0.6) is 0 Å². The molecule has 1 rings (SSSR count). The number of alkyl halides is 2. The standard InChI is InChI=1S/C9H7BrF2O2/c1-14-9(13)6-3-2-5(10)4-7(6)8(11)12/h2-4,8H,1H3. The summed E-state index contributed by atoms with van der Waals surface area (Å²) in [5.74, 6) is -0.757. The lowest BCUT2D eigenvalue weighted by Gasteiger charge is -2.06. The van der Waals surface area contributed by atoms with Crippen LogP contribution < -0.4 is 0 Å². The lowest BCUT2D eigenvalue weighted by atomic mass is 10.1. The van der Waals surface area contributed by atoms with Gasteiger partial charge in [-0.3, -0.25) is 0 Å². The number of hydrogen-bond donors (Lipinski definition) is 0. The average molecular weight is 265 g/mol. The summed E-state index contributed by atoms with van der Waals surface area (Å²) in [6, 6.07) is 4.02. The highest BCUT2D eigenvalue weighted by atomic mass is 79.9. The Labute approximate surface area is 88.0 Å². The minimum atomic E-state index is -2.69. The molecule has 5 heteroatoms. The third-order valence-electron chi connectivity index (χ3n) is 1.65. The zero-order valence-corrected chi connectivity index (χ0v) is 8.85. The number of carbonyl (C=O) groups is 1. The van der Waals surface area contributed by atoms with Crippen LogP contribution in [0.25, 0.3) is 0 Å². The molecule has 0 aliphatic carbocycles. The number of carbonyl (C=O) groups excluding carboxylic acids is 1. The highest BCUT2D eigenvalue weighted by Gasteiger charge is 2.18. The molecule has 1 aromatic rings. The third kappa shape index (κ3) is 2.29. The Morgan fingerprint density at radius 2 is 2.14 bits per heavy atom.